The second kappa shape index (κ2) is 5.31. The molecule has 3 rings (SSSR count). The van der Waals surface area contributed by atoms with Crippen molar-refractivity contribution in [2.75, 3.05) is 0 Å². The molecule has 0 saturated heterocycles. The zero-order valence-corrected chi connectivity index (χ0v) is 10.2. The molecule has 1 aromatic heterocycles. The van der Waals surface area contributed by atoms with Crippen molar-refractivity contribution in [2.24, 2.45) is 0 Å². The molecule has 0 bridgehead atoms. The molecule has 0 aliphatic carbocycles. The van der Waals surface area contributed by atoms with Gasteiger partial charge in [-0.1, -0.05) is 42.5 Å². The van der Waals surface area contributed by atoms with Crippen molar-refractivity contribution in [2.45, 2.75) is 0 Å². The van der Waals surface area contributed by atoms with Crippen molar-refractivity contribution in [3.8, 4) is 22.9 Å². The minimum Gasteiger partial charge on any atom is -0.424 e. The van der Waals surface area contributed by atoms with Gasteiger partial charge in [-0.15, -0.1) is 0 Å². The van der Waals surface area contributed by atoms with Gasteiger partial charge in [-0.3, -0.25) is 0 Å². The summed E-state index contributed by atoms with van der Waals surface area (Å²) in [6.45, 7) is 0. The molecule has 0 unspecified atom stereocenters. The number of hydrogen-bond donors (Lipinski definition) is 0. The van der Waals surface area contributed by atoms with Gasteiger partial charge in [-0.05, 0) is 29.3 Å². The quantitative estimate of drug-likeness (QED) is 0.704. The smallest absolute Gasteiger partial charge is 0.321 e. The minimum absolute atomic E-state index is 0.356. The standard InChI is InChI=1S/C16H12N2O/c1-2-5-13(6-3-1)14-7-9-15(10-8-14)19-16-17-11-4-12-18-16/h1-12H. The molecule has 19 heavy (non-hydrogen) atoms. The van der Waals surface area contributed by atoms with Crippen LogP contribution in [0.3, 0.4) is 0 Å². The number of hydrogen-bond acceptors (Lipinski definition) is 3. The number of aromatic nitrogens is 2. The van der Waals surface area contributed by atoms with Crippen LogP contribution in [0.15, 0.2) is 73.1 Å². The molecule has 0 aliphatic rings. The molecule has 0 amide bonds. The highest BCUT2D eigenvalue weighted by atomic mass is 16.5. The van der Waals surface area contributed by atoms with Crippen molar-refractivity contribution < 1.29 is 4.74 Å². The van der Waals surface area contributed by atoms with Crippen LogP contribution in [0.4, 0.5) is 0 Å². The fourth-order valence-electron chi connectivity index (χ4n) is 1.79. The molecule has 0 saturated carbocycles. The summed E-state index contributed by atoms with van der Waals surface area (Å²) >= 11 is 0. The molecular weight excluding hydrogens is 236 g/mol. The van der Waals surface area contributed by atoms with Crippen LogP contribution in [0.25, 0.3) is 11.1 Å². The summed E-state index contributed by atoms with van der Waals surface area (Å²) in [6, 6.07) is 20.2. The van der Waals surface area contributed by atoms with Gasteiger partial charge in [0.25, 0.3) is 0 Å². The Bertz CT molecular complexity index is 637. The Morgan fingerprint density at radius 2 is 1.26 bits per heavy atom. The van der Waals surface area contributed by atoms with E-state index < -0.39 is 0 Å². The molecule has 0 atom stereocenters. The molecule has 1 heterocycles. The van der Waals surface area contributed by atoms with Crippen LogP contribution >= 0.6 is 0 Å². The molecule has 0 fully saturated rings. The van der Waals surface area contributed by atoms with Gasteiger partial charge in [-0.2, -0.15) is 0 Å². The van der Waals surface area contributed by atoms with Crippen LogP contribution in [-0.4, -0.2) is 9.97 Å². The van der Waals surface area contributed by atoms with Gasteiger partial charge in [0.15, 0.2) is 0 Å². The Morgan fingerprint density at radius 1 is 0.632 bits per heavy atom. The predicted molar refractivity (Wildman–Crippen MR) is 74.0 cm³/mol. The third-order valence-corrected chi connectivity index (χ3v) is 2.71. The number of nitrogens with zero attached hydrogens (tertiary/aromatic N) is 2. The van der Waals surface area contributed by atoms with Gasteiger partial charge in [0.05, 0.1) is 0 Å². The first-order chi connectivity index (χ1) is 9.42. The first-order valence-corrected chi connectivity index (χ1v) is 6.02. The molecule has 3 aromatic rings. The van der Waals surface area contributed by atoms with Crippen molar-refractivity contribution in [1.82, 2.24) is 9.97 Å². The minimum atomic E-state index is 0.356. The molecule has 0 radical (unpaired) electrons. The summed E-state index contributed by atoms with van der Waals surface area (Å²) in [5.74, 6) is 0.728. The second-order valence-electron chi connectivity index (χ2n) is 4.02. The first kappa shape index (κ1) is 11.4. The van der Waals surface area contributed by atoms with E-state index in [1.165, 1.54) is 5.56 Å². The Hall–Kier alpha value is -2.68. The lowest BCUT2D eigenvalue weighted by atomic mass is 10.1. The summed E-state index contributed by atoms with van der Waals surface area (Å²) in [5.41, 5.74) is 2.34. The van der Waals surface area contributed by atoms with Crippen LogP contribution in [0.1, 0.15) is 0 Å². The highest BCUT2D eigenvalue weighted by Crippen LogP contribution is 2.23. The maximum atomic E-state index is 5.55. The Balaban J connectivity index is 1.80. The van der Waals surface area contributed by atoms with Gasteiger partial charge in [0.1, 0.15) is 5.75 Å². The summed E-state index contributed by atoms with van der Waals surface area (Å²) in [7, 11) is 0. The van der Waals surface area contributed by atoms with Gasteiger partial charge in [-0.25, -0.2) is 9.97 Å². The Kier molecular flexibility index (Phi) is 3.19. The zero-order chi connectivity index (χ0) is 12.9. The van der Waals surface area contributed by atoms with E-state index in [4.69, 9.17) is 4.74 Å². The first-order valence-electron chi connectivity index (χ1n) is 6.02. The van der Waals surface area contributed by atoms with Gasteiger partial charge in [0.2, 0.25) is 0 Å². The van der Waals surface area contributed by atoms with Crippen molar-refractivity contribution in [3.05, 3.63) is 73.1 Å². The number of rotatable bonds is 3. The maximum absolute atomic E-state index is 5.55. The predicted octanol–water partition coefficient (Wildman–Crippen LogP) is 3.94. The monoisotopic (exact) mass is 248 g/mol. The van der Waals surface area contributed by atoms with Gasteiger partial charge in [0, 0.05) is 12.4 Å². The highest BCUT2D eigenvalue weighted by Gasteiger charge is 2.00. The Labute approximate surface area is 111 Å². The van der Waals surface area contributed by atoms with E-state index in [0.717, 1.165) is 11.3 Å². The van der Waals surface area contributed by atoms with Crippen LogP contribution in [-0.2, 0) is 0 Å². The van der Waals surface area contributed by atoms with E-state index in [-0.39, 0.29) is 0 Å². The molecular formula is C16H12N2O. The molecule has 3 heteroatoms. The molecule has 0 N–H and O–H groups in total. The summed E-state index contributed by atoms with van der Waals surface area (Å²) in [6.07, 6.45) is 3.31. The van der Waals surface area contributed by atoms with E-state index in [1.54, 1.807) is 18.5 Å². The van der Waals surface area contributed by atoms with Crippen LogP contribution < -0.4 is 4.74 Å². The Morgan fingerprint density at radius 3 is 1.95 bits per heavy atom. The average molecular weight is 248 g/mol. The fraction of sp³-hybridized carbons (Fsp3) is 0. The second-order valence-corrected chi connectivity index (χ2v) is 4.02. The molecule has 2 aromatic carbocycles. The van der Waals surface area contributed by atoms with Gasteiger partial charge >= 0.3 is 6.01 Å². The van der Waals surface area contributed by atoms with E-state index in [9.17, 15) is 0 Å². The van der Waals surface area contributed by atoms with E-state index in [2.05, 4.69) is 22.1 Å². The molecule has 0 aliphatic heterocycles. The van der Waals surface area contributed by atoms with Gasteiger partial charge < -0.3 is 4.74 Å². The van der Waals surface area contributed by atoms with Crippen LogP contribution in [0, 0.1) is 0 Å². The zero-order valence-electron chi connectivity index (χ0n) is 10.2. The van der Waals surface area contributed by atoms with E-state index in [1.807, 2.05) is 42.5 Å². The van der Waals surface area contributed by atoms with Crippen molar-refractivity contribution in [1.29, 1.82) is 0 Å². The lowest BCUT2D eigenvalue weighted by molar-refractivity contribution is 0.442. The average Bonchev–Trinajstić information content (AvgIpc) is 2.50. The lowest BCUT2D eigenvalue weighted by Gasteiger charge is -2.05. The molecule has 3 nitrogen and oxygen atoms in total. The normalized spacial score (nSPS) is 10.1. The lowest BCUT2D eigenvalue weighted by Crippen LogP contribution is -1.89. The third kappa shape index (κ3) is 2.77. The fourth-order valence-corrected chi connectivity index (χ4v) is 1.79. The largest absolute Gasteiger partial charge is 0.424 e. The topological polar surface area (TPSA) is 35.0 Å². The number of ether oxygens (including phenoxy) is 1. The van der Waals surface area contributed by atoms with Crippen molar-refractivity contribution >= 4 is 0 Å². The van der Waals surface area contributed by atoms with E-state index >= 15 is 0 Å². The highest BCUT2D eigenvalue weighted by molar-refractivity contribution is 5.63. The summed E-state index contributed by atoms with van der Waals surface area (Å²) in [4.78, 5) is 8.04. The summed E-state index contributed by atoms with van der Waals surface area (Å²) in [5, 5.41) is 0. The molecule has 92 valence electrons. The summed E-state index contributed by atoms with van der Waals surface area (Å²) < 4.78 is 5.55. The number of benzene rings is 2. The maximum Gasteiger partial charge on any atom is 0.321 e. The van der Waals surface area contributed by atoms with Crippen LogP contribution in [0.5, 0.6) is 11.8 Å². The third-order valence-electron chi connectivity index (χ3n) is 2.71. The van der Waals surface area contributed by atoms with Crippen LogP contribution in [0.2, 0.25) is 0 Å². The molecule has 0 spiro atoms. The van der Waals surface area contributed by atoms with Crippen molar-refractivity contribution in [3.63, 3.8) is 0 Å². The van der Waals surface area contributed by atoms with E-state index in [0.29, 0.717) is 6.01 Å². The SMILES string of the molecule is c1ccc(-c2ccc(Oc3ncccn3)cc2)cc1.